The van der Waals surface area contributed by atoms with Gasteiger partial charge in [0.2, 0.25) is 0 Å². The Morgan fingerprint density at radius 2 is 1.30 bits per heavy atom. The van der Waals surface area contributed by atoms with Gasteiger partial charge in [0.1, 0.15) is 12.7 Å². The number of phosphoric acid groups is 1. The molecule has 0 aromatic heterocycles. The van der Waals surface area contributed by atoms with Crippen molar-refractivity contribution in [1.29, 1.82) is 0 Å². The second-order valence-electron chi connectivity index (χ2n) is 17.4. The van der Waals surface area contributed by atoms with Gasteiger partial charge >= 0.3 is 19.8 Å². The largest absolute Gasteiger partial charge is 0.472 e. The van der Waals surface area contributed by atoms with Gasteiger partial charge in [0.15, 0.2) is 6.10 Å². The van der Waals surface area contributed by atoms with Crippen molar-refractivity contribution in [1.82, 2.24) is 0 Å². The molecule has 0 amide bonds. The molecule has 1 saturated carbocycles. The van der Waals surface area contributed by atoms with Gasteiger partial charge in [-0.3, -0.25) is 18.6 Å². The maximum atomic E-state index is 12.7. The van der Waals surface area contributed by atoms with Crippen molar-refractivity contribution in [3.05, 3.63) is 24.3 Å². The van der Waals surface area contributed by atoms with E-state index in [2.05, 4.69) is 25.3 Å². The Balaban J connectivity index is 2.41. The van der Waals surface area contributed by atoms with E-state index in [-0.39, 0.29) is 31.1 Å². The van der Waals surface area contributed by atoms with Crippen LogP contribution in [-0.4, -0.2) is 99.3 Å². The molecule has 1 aliphatic carbocycles. The van der Waals surface area contributed by atoms with E-state index in [1.54, 1.807) is 6.08 Å². The minimum Gasteiger partial charge on any atom is -0.462 e. The number of aliphatic hydroxyl groups is 5. The smallest absolute Gasteiger partial charge is 0.462 e. The number of phosphoric ester groups is 1. The normalized spacial score (nSPS) is 21.1. The van der Waals surface area contributed by atoms with E-state index in [9.17, 15) is 39.5 Å². The molecule has 0 bridgehead atoms. The summed E-state index contributed by atoms with van der Waals surface area (Å²) in [7, 11) is -4.68. The fourth-order valence-corrected chi connectivity index (χ4v) is 8.34. The van der Waals surface area contributed by atoms with Crippen molar-refractivity contribution < 1.29 is 63.1 Å². The maximum Gasteiger partial charge on any atom is 0.472 e. The molecule has 2 unspecified atom stereocenters. The zero-order valence-corrected chi connectivity index (χ0v) is 39.0. The molecule has 0 spiro atoms. The highest BCUT2D eigenvalue weighted by atomic mass is 31.2. The van der Waals surface area contributed by atoms with Crippen molar-refractivity contribution >= 4 is 19.8 Å². The van der Waals surface area contributed by atoms with E-state index in [1.165, 1.54) is 77.0 Å². The van der Waals surface area contributed by atoms with Crippen LogP contribution in [0.2, 0.25) is 0 Å². The number of rotatable bonds is 40. The van der Waals surface area contributed by atoms with Crippen molar-refractivity contribution in [2.45, 2.75) is 218 Å². The zero-order valence-electron chi connectivity index (χ0n) is 38.1. The second-order valence-corrected chi connectivity index (χ2v) is 18.8. The molecule has 0 saturated heterocycles. The third kappa shape index (κ3) is 31.0. The average molecular weight is 891 g/mol. The third-order valence-corrected chi connectivity index (χ3v) is 12.7. The number of hydrogen-bond donors (Lipinski definition) is 6. The Hall–Kier alpha value is -1.67. The van der Waals surface area contributed by atoms with Crippen LogP contribution in [0.15, 0.2) is 24.3 Å². The van der Waals surface area contributed by atoms with E-state index < -0.39 is 76.7 Å². The summed E-state index contributed by atoms with van der Waals surface area (Å²) in [5.74, 6) is -0.685. The lowest BCUT2D eigenvalue weighted by atomic mass is 9.89. The molecule has 13 nitrogen and oxygen atoms in total. The predicted molar refractivity (Wildman–Crippen MR) is 239 cm³/mol. The molecule has 0 aromatic rings. The number of allylic oxidation sites excluding steroid dienone is 2. The Labute approximate surface area is 368 Å². The number of carbonyl (C=O) groups excluding carboxylic acids is 2. The van der Waals surface area contributed by atoms with E-state index in [0.717, 1.165) is 44.4 Å². The molecular formula is C47H87O13P. The van der Waals surface area contributed by atoms with Crippen LogP contribution in [0, 0.1) is 17.8 Å². The first-order valence-electron chi connectivity index (χ1n) is 23.9. The number of carbonyl (C=O) groups is 2. The van der Waals surface area contributed by atoms with Crippen molar-refractivity contribution in [3.63, 3.8) is 0 Å². The molecule has 0 aliphatic heterocycles. The summed E-state index contributed by atoms with van der Waals surface area (Å²) < 4.78 is 32.8. The number of unbranched alkanes of at least 4 members (excludes halogenated alkanes) is 16. The molecule has 1 rings (SSSR count). The summed E-state index contributed by atoms with van der Waals surface area (Å²) in [5.41, 5.74) is 0. The third-order valence-electron chi connectivity index (χ3n) is 11.7. The van der Waals surface area contributed by atoms with Gasteiger partial charge in [-0.15, -0.1) is 0 Å². The monoisotopic (exact) mass is 891 g/mol. The van der Waals surface area contributed by atoms with Gasteiger partial charge < -0.3 is 39.9 Å². The van der Waals surface area contributed by atoms with Gasteiger partial charge in [0.05, 0.1) is 38.1 Å². The highest BCUT2D eigenvalue weighted by Crippen LogP contribution is 2.43. The van der Waals surface area contributed by atoms with Crippen LogP contribution >= 0.6 is 7.82 Å². The predicted octanol–water partition coefficient (Wildman–Crippen LogP) is 9.19. The summed E-state index contributed by atoms with van der Waals surface area (Å²) in [5, 5.41) is 49.7. The Morgan fingerprint density at radius 1 is 0.721 bits per heavy atom. The molecule has 14 heteroatoms. The van der Waals surface area contributed by atoms with E-state index in [1.807, 2.05) is 18.2 Å². The van der Waals surface area contributed by atoms with Gasteiger partial charge in [-0.05, 0) is 43.9 Å². The standard InChI is InChI=1S/C47H87O13P/c1-4-6-21-27-39(49)31-32-43-42(44(51)33-45(43)52)28-23-19-20-24-29-46(53)57-36-41(37-59-61(55,56)58-35-40(50)34-48)60-47(54)30-25-18-16-14-12-10-8-7-9-11-13-15-17-22-26-38(3)5-2/h19,23,31-32,38-45,48-52H,4-18,20-22,24-30,33-37H2,1-3H3,(H,55,56)/b23-19+,32-31+/t38?,39-,40-,41+,42+,43+,44-,45+/m0/s1. The second kappa shape index (κ2) is 36.6. The van der Waals surface area contributed by atoms with E-state index in [4.69, 9.17) is 19.1 Å². The summed E-state index contributed by atoms with van der Waals surface area (Å²) in [6.45, 7) is 4.39. The maximum absolute atomic E-state index is 12.7. The molecule has 9 atom stereocenters. The van der Waals surface area contributed by atoms with E-state index in [0.29, 0.717) is 32.1 Å². The minimum atomic E-state index is -4.68. The molecule has 0 radical (unpaired) electrons. The molecule has 6 N–H and O–H groups in total. The number of esters is 2. The lowest BCUT2D eigenvalue weighted by Gasteiger charge is -2.20. The number of aliphatic hydroxyl groups excluding tert-OH is 5. The van der Waals surface area contributed by atoms with Gasteiger partial charge in [-0.2, -0.15) is 0 Å². The topological polar surface area (TPSA) is 210 Å². The summed E-state index contributed by atoms with van der Waals surface area (Å²) >= 11 is 0. The molecule has 358 valence electrons. The molecular weight excluding hydrogens is 803 g/mol. The first-order chi connectivity index (χ1) is 29.3. The van der Waals surface area contributed by atoms with Crippen molar-refractivity contribution in [3.8, 4) is 0 Å². The summed E-state index contributed by atoms with van der Waals surface area (Å²) in [6.07, 6.45) is 28.0. The molecule has 0 aromatic carbocycles. The van der Waals surface area contributed by atoms with Crippen LogP contribution in [0.3, 0.4) is 0 Å². The van der Waals surface area contributed by atoms with Crippen molar-refractivity contribution in [2.24, 2.45) is 17.8 Å². The first kappa shape index (κ1) is 57.3. The van der Waals surface area contributed by atoms with Crippen molar-refractivity contribution in [2.75, 3.05) is 26.4 Å². The molecule has 0 heterocycles. The zero-order chi connectivity index (χ0) is 45.1. The fraction of sp³-hybridized carbons (Fsp3) is 0.872. The van der Waals surface area contributed by atoms with Crippen LogP contribution < -0.4 is 0 Å². The first-order valence-corrected chi connectivity index (χ1v) is 25.4. The highest BCUT2D eigenvalue weighted by molar-refractivity contribution is 7.47. The van der Waals surface area contributed by atoms with Crippen LogP contribution in [0.25, 0.3) is 0 Å². The number of ether oxygens (including phenoxy) is 2. The highest BCUT2D eigenvalue weighted by Gasteiger charge is 2.39. The van der Waals surface area contributed by atoms with Crippen LogP contribution in [-0.2, 0) is 32.7 Å². The summed E-state index contributed by atoms with van der Waals surface area (Å²) in [4.78, 5) is 35.3. The average Bonchev–Trinajstić information content (AvgIpc) is 3.51. The Bertz CT molecular complexity index is 1200. The lowest BCUT2D eigenvalue weighted by Crippen LogP contribution is -2.29. The van der Waals surface area contributed by atoms with E-state index >= 15 is 0 Å². The quantitative estimate of drug-likeness (QED) is 0.0147. The Kier molecular flexibility index (Phi) is 34.5. The van der Waals surface area contributed by atoms with Crippen LogP contribution in [0.5, 0.6) is 0 Å². The van der Waals surface area contributed by atoms with Gasteiger partial charge in [-0.1, -0.05) is 161 Å². The Morgan fingerprint density at radius 3 is 1.90 bits per heavy atom. The fourth-order valence-electron chi connectivity index (χ4n) is 7.55. The number of hydrogen-bond acceptors (Lipinski definition) is 12. The van der Waals surface area contributed by atoms with Gasteiger partial charge in [0, 0.05) is 25.2 Å². The van der Waals surface area contributed by atoms with Gasteiger partial charge in [0.25, 0.3) is 0 Å². The molecule has 1 fully saturated rings. The minimum absolute atomic E-state index is 0.0668. The molecule has 61 heavy (non-hydrogen) atoms. The lowest BCUT2D eigenvalue weighted by molar-refractivity contribution is -0.161. The van der Waals surface area contributed by atoms with Crippen LogP contribution in [0.1, 0.15) is 188 Å². The SMILES string of the molecule is CCCCC[C@H](O)/C=C/[C@@H]1[C@@H](C/C=C/CCCC(=O)OC[C@H](COP(=O)(O)OC[C@@H](O)CO)OC(=O)CCCCCCCCCCCCCCCCC(C)CC)[C@@H](O)C[C@H]1O. The molecule has 1 aliphatic rings. The van der Waals surface area contributed by atoms with Crippen LogP contribution in [0.4, 0.5) is 0 Å². The van der Waals surface area contributed by atoms with Gasteiger partial charge in [-0.25, -0.2) is 4.57 Å². The summed E-state index contributed by atoms with van der Waals surface area (Å²) in [6, 6.07) is 0.